The van der Waals surface area contributed by atoms with E-state index in [-0.39, 0.29) is 20.4 Å². The smallest absolute Gasteiger partial charge is 0.294 e. The van der Waals surface area contributed by atoms with Gasteiger partial charge < -0.3 is 9.97 Å². The first-order valence-corrected chi connectivity index (χ1v) is 8.71. The van der Waals surface area contributed by atoms with Crippen LogP contribution in [0.2, 0.25) is 0 Å². The molecule has 0 aliphatic heterocycles. The van der Waals surface area contributed by atoms with Gasteiger partial charge in [-0.05, 0) is 59.5 Å². The molecule has 3 rings (SSSR count). The number of fused-ring (bicyclic) bond motifs is 1. The molecule has 0 amide bonds. The molecule has 0 unspecified atom stereocenters. The Morgan fingerprint density at radius 2 is 1.75 bits per heavy atom. The van der Waals surface area contributed by atoms with Gasteiger partial charge in [-0.1, -0.05) is 12.1 Å². The van der Waals surface area contributed by atoms with Crippen LogP contribution in [0.25, 0.3) is 10.8 Å². The second-order valence-corrected chi connectivity index (χ2v) is 7.02. The van der Waals surface area contributed by atoms with Crippen LogP contribution in [-0.4, -0.2) is 33.1 Å². The molecule has 4 N–H and O–H groups in total. The molecule has 0 fully saturated rings. The average molecular weight is 382 g/mol. The Morgan fingerprint density at radius 1 is 1.04 bits per heavy atom. The molecule has 0 atom stereocenters. The number of anilines is 2. The number of aromatic amines is 2. The van der Waals surface area contributed by atoms with Gasteiger partial charge >= 0.3 is 0 Å². The van der Waals surface area contributed by atoms with Crippen LogP contribution in [0.3, 0.4) is 0 Å². The van der Waals surface area contributed by atoms with Crippen LogP contribution < -0.4 is 5.06 Å². The molecule has 0 radical (unpaired) electrons. The Balaban J connectivity index is 2.12. The number of nitrogens with zero attached hydrogens (tertiary/aromatic N) is 2. The second kappa shape index (κ2) is 6.03. The number of aromatic nitrogens is 3. The third-order valence-electron chi connectivity index (χ3n) is 3.19. The van der Waals surface area contributed by atoms with Gasteiger partial charge in [0.2, 0.25) is 10.7 Å². The van der Waals surface area contributed by atoms with Gasteiger partial charge in [0.25, 0.3) is 10.1 Å². The molecule has 0 aliphatic rings. The normalized spacial score (nSPS) is 11.6. The Labute approximate surface area is 146 Å². The lowest BCUT2D eigenvalue weighted by Crippen LogP contribution is -2.14. The van der Waals surface area contributed by atoms with E-state index in [1.807, 2.05) is 0 Å². The Kier molecular flexibility index (Phi) is 4.19. The summed E-state index contributed by atoms with van der Waals surface area (Å²) < 4.78 is 31.9. The number of H-pyrrole nitrogens is 2. The van der Waals surface area contributed by atoms with E-state index in [2.05, 4.69) is 15.0 Å². The first kappa shape index (κ1) is 16.7. The molecule has 0 aliphatic carbocycles. The molecule has 24 heavy (non-hydrogen) atoms. The monoisotopic (exact) mass is 382 g/mol. The SMILES string of the molecule is O=S(=O)(O)c1ccc2ccc(N(O)c3nc(=S)[nH]c(=S)[nH]3)cc2c1. The zero-order valence-electron chi connectivity index (χ0n) is 11.8. The minimum atomic E-state index is -4.32. The average Bonchev–Trinajstić information content (AvgIpc) is 2.51. The van der Waals surface area contributed by atoms with Crippen LogP contribution in [0.15, 0.2) is 41.3 Å². The maximum Gasteiger partial charge on any atom is 0.294 e. The van der Waals surface area contributed by atoms with Crippen LogP contribution in [0.1, 0.15) is 0 Å². The van der Waals surface area contributed by atoms with Gasteiger partial charge in [0.1, 0.15) is 0 Å². The van der Waals surface area contributed by atoms with Crippen molar-refractivity contribution in [2.24, 2.45) is 0 Å². The highest BCUT2D eigenvalue weighted by molar-refractivity contribution is 7.85. The summed E-state index contributed by atoms with van der Waals surface area (Å²) in [6, 6.07) is 8.96. The number of nitrogens with one attached hydrogen (secondary N) is 2. The standard InChI is InChI=1S/C13H10N4O4S3/c18-17(11-14-12(22)16-13(23)15-11)9-3-1-7-2-4-10(24(19,20)21)6-8(7)5-9/h1-6,18H,(H,19,20,21)(H2,14,15,16,22,23). The van der Waals surface area contributed by atoms with E-state index < -0.39 is 10.1 Å². The van der Waals surface area contributed by atoms with Gasteiger partial charge in [0.15, 0.2) is 4.77 Å². The minimum Gasteiger partial charge on any atom is -0.308 e. The molecule has 0 spiro atoms. The summed E-state index contributed by atoms with van der Waals surface area (Å²) in [4.78, 5) is 8.94. The molecule has 1 aromatic heterocycles. The van der Waals surface area contributed by atoms with E-state index in [1.54, 1.807) is 18.2 Å². The summed E-state index contributed by atoms with van der Waals surface area (Å²) in [5.74, 6) is 0.00837. The van der Waals surface area contributed by atoms with Crippen molar-refractivity contribution in [3.05, 3.63) is 45.9 Å². The van der Waals surface area contributed by atoms with E-state index in [9.17, 15) is 13.6 Å². The molecule has 8 nitrogen and oxygen atoms in total. The molecule has 124 valence electrons. The summed E-state index contributed by atoms with van der Waals surface area (Å²) in [5.41, 5.74) is 0.300. The summed E-state index contributed by atoms with van der Waals surface area (Å²) >= 11 is 9.85. The van der Waals surface area contributed by atoms with Gasteiger partial charge in [0, 0.05) is 0 Å². The van der Waals surface area contributed by atoms with E-state index in [4.69, 9.17) is 29.0 Å². The largest absolute Gasteiger partial charge is 0.308 e. The summed E-state index contributed by atoms with van der Waals surface area (Å²) in [6.45, 7) is 0. The lowest BCUT2D eigenvalue weighted by atomic mass is 10.1. The van der Waals surface area contributed by atoms with Crippen molar-refractivity contribution in [3.63, 3.8) is 0 Å². The molecule has 0 bridgehead atoms. The highest BCUT2D eigenvalue weighted by Crippen LogP contribution is 2.26. The van der Waals surface area contributed by atoms with E-state index in [1.165, 1.54) is 18.2 Å². The molecule has 0 saturated carbocycles. The quantitative estimate of drug-likeness (QED) is 0.310. The van der Waals surface area contributed by atoms with Crippen molar-refractivity contribution in [2.75, 3.05) is 5.06 Å². The molecule has 11 heteroatoms. The van der Waals surface area contributed by atoms with Crippen LogP contribution in [-0.2, 0) is 10.1 Å². The van der Waals surface area contributed by atoms with E-state index in [0.717, 1.165) is 10.4 Å². The third-order valence-corrected chi connectivity index (χ3v) is 4.44. The zero-order valence-corrected chi connectivity index (χ0v) is 14.2. The molecule has 3 aromatic rings. The van der Waals surface area contributed by atoms with Gasteiger partial charge in [-0.25, -0.2) is 0 Å². The van der Waals surface area contributed by atoms with Crippen LogP contribution in [0, 0.1) is 9.54 Å². The van der Waals surface area contributed by atoms with Crippen molar-refractivity contribution >= 4 is 57.0 Å². The van der Waals surface area contributed by atoms with Crippen LogP contribution >= 0.6 is 24.4 Å². The number of rotatable bonds is 3. The van der Waals surface area contributed by atoms with E-state index in [0.29, 0.717) is 11.1 Å². The molecular weight excluding hydrogens is 372 g/mol. The fourth-order valence-electron chi connectivity index (χ4n) is 2.11. The lowest BCUT2D eigenvalue weighted by molar-refractivity contribution is 0.293. The number of hydrogen-bond donors (Lipinski definition) is 4. The minimum absolute atomic E-state index is 0.00837. The summed E-state index contributed by atoms with van der Waals surface area (Å²) in [6.07, 6.45) is 0. The highest BCUT2D eigenvalue weighted by atomic mass is 32.2. The third kappa shape index (κ3) is 3.34. The van der Waals surface area contributed by atoms with Gasteiger partial charge in [-0.2, -0.15) is 18.5 Å². The number of benzene rings is 2. The first-order valence-electron chi connectivity index (χ1n) is 6.45. The fraction of sp³-hybridized carbons (Fsp3) is 0. The van der Waals surface area contributed by atoms with Gasteiger partial charge in [0.05, 0.1) is 10.6 Å². The summed E-state index contributed by atoms with van der Waals surface area (Å²) in [5, 5.41) is 12.3. The van der Waals surface area contributed by atoms with Crippen molar-refractivity contribution < 1.29 is 18.2 Å². The Bertz CT molecular complexity index is 1130. The van der Waals surface area contributed by atoms with Crippen molar-refractivity contribution in [2.45, 2.75) is 4.90 Å². The van der Waals surface area contributed by atoms with Gasteiger partial charge in [-0.15, -0.1) is 0 Å². The first-order chi connectivity index (χ1) is 11.2. The topological polar surface area (TPSA) is 122 Å². The number of hydrogen-bond acceptors (Lipinski definition) is 7. The van der Waals surface area contributed by atoms with Crippen LogP contribution in [0.5, 0.6) is 0 Å². The highest BCUT2D eigenvalue weighted by Gasteiger charge is 2.13. The zero-order chi connectivity index (χ0) is 17.5. The van der Waals surface area contributed by atoms with Gasteiger partial charge in [-0.3, -0.25) is 9.76 Å². The molecular formula is C13H10N4O4S3. The predicted octanol–water partition coefficient (Wildman–Crippen LogP) is 3.12. The van der Waals surface area contributed by atoms with Crippen molar-refractivity contribution in [1.29, 1.82) is 0 Å². The molecule has 2 aromatic carbocycles. The van der Waals surface area contributed by atoms with E-state index >= 15 is 0 Å². The predicted molar refractivity (Wildman–Crippen MR) is 92.3 cm³/mol. The fourth-order valence-corrected chi connectivity index (χ4v) is 3.07. The Morgan fingerprint density at radius 3 is 2.42 bits per heavy atom. The van der Waals surface area contributed by atoms with Crippen LogP contribution in [0.4, 0.5) is 11.6 Å². The Hall–Kier alpha value is -2.18. The molecule has 1 heterocycles. The van der Waals surface area contributed by atoms with Crippen molar-refractivity contribution in [1.82, 2.24) is 15.0 Å². The van der Waals surface area contributed by atoms with Crippen molar-refractivity contribution in [3.8, 4) is 0 Å². The second-order valence-electron chi connectivity index (χ2n) is 4.80. The molecule has 0 saturated heterocycles. The maximum absolute atomic E-state index is 11.2. The summed E-state index contributed by atoms with van der Waals surface area (Å²) in [7, 11) is -4.32. The maximum atomic E-state index is 11.2. The lowest BCUT2D eigenvalue weighted by Gasteiger charge is -2.15.